The normalized spacial score (nSPS) is 11.0. The molecule has 1 amide bonds. The third-order valence-electron chi connectivity index (χ3n) is 4.17. The van der Waals surface area contributed by atoms with Crippen molar-refractivity contribution >= 4 is 29.2 Å². The van der Waals surface area contributed by atoms with Gasteiger partial charge in [-0.3, -0.25) is 15.1 Å². The van der Waals surface area contributed by atoms with Crippen LogP contribution in [0.3, 0.4) is 0 Å². The fourth-order valence-corrected chi connectivity index (χ4v) is 2.78. The van der Waals surface area contributed by atoms with Crippen LogP contribution in [0.15, 0.2) is 65.9 Å². The topological polar surface area (TPSA) is 84.8 Å². The van der Waals surface area contributed by atoms with Crippen LogP contribution < -0.4 is 20.1 Å². The van der Waals surface area contributed by atoms with Gasteiger partial charge in [0.15, 0.2) is 0 Å². The molecule has 3 rings (SSSR count). The number of ether oxygens (including phenoxy) is 2. The molecule has 0 spiro atoms. The van der Waals surface area contributed by atoms with E-state index in [2.05, 4.69) is 20.6 Å². The Hall–Kier alpha value is -3.65. The minimum absolute atomic E-state index is 0.0551. The number of guanidine groups is 1. The Morgan fingerprint density at radius 3 is 2.48 bits per heavy atom. The Kier molecular flexibility index (Phi) is 7.40. The van der Waals surface area contributed by atoms with Crippen molar-refractivity contribution in [3.63, 3.8) is 0 Å². The van der Waals surface area contributed by atoms with Crippen LogP contribution in [0.1, 0.15) is 15.9 Å². The van der Waals surface area contributed by atoms with Crippen molar-refractivity contribution in [2.75, 3.05) is 19.5 Å². The van der Waals surface area contributed by atoms with Crippen LogP contribution >= 0.6 is 11.6 Å². The lowest BCUT2D eigenvalue weighted by atomic mass is 10.2. The predicted octanol–water partition coefficient (Wildman–Crippen LogP) is 4.29. The molecule has 7 nitrogen and oxygen atoms in total. The van der Waals surface area contributed by atoms with E-state index in [9.17, 15) is 9.18 Å². The Bertz CT molecular complexity index is 1070. The van der Waals surface area contributed by atoms with Gasteiger partial charge in [0.1, 0.15) is 17.3 Å². The molecule has 31 heavy (non-hydrogen) atoms. The van der Waals surface area contributed by atoms with Gasteiger partial charge in [-0.1, -0.05) is 17.7 Å². The molecule has 0 unspecified atom stereocenters. The zero-order valence-corrected chi connectivity index (χ0v) is 17.6. The van der Waals surface area contributed by atoms with Crippen LogP contribution in [-0.4, -0.2) is 31.1 Å². The Morgan fingerprint density at radius 2 is 1.87 bits per heavy atom. The van der Waals surface area contributed by atoms with E-state index in [4.69, 9.17) is 21.1 Å². The number of nitrogens with zero attached hydrogens (tertiary/aromatic N) is 2. The van der Waals surface area contributed by atoms with E-state index in [0.29, 0.717) is 22.7 Å². The molecule has 1 aromatic heterocycles. The summed E-state index contributed by atoms with van der Waals surface area (Å²) in [6.07, 6.45) is 3.33. The number of anilines is 1. The number of carbonyl (C=O) groups excluding carboxylic acids is 1. The van der Waals surface area contributed by atoms with Gasteiger partial charge >= 0.3 is 0 Å². The highest BCUT2D eigenvalue weighted by Gasteiger charge is 2.13. The highest BCUT2D eigenvalue weighted by molar-refractivity contribution is 6.31. The summed E-state index contributed by atoms with van der Waals surface area (Å²) < 4.78 is 23.9. The molecule has 2 N–H and O–H groups in total. The van der Waals surface area contributed by atoms with Gasteiger partial charge in [-0.2, -0.15) is 0 Å². The molecule has 1 heterocycles. The monoisotopic (exact) mass is 442 g/mol. The van der Waals surface area contributed by atoms with Crippen molar-refractivity contribution in [2.24, 2.45) is 4.99 Å². The van der Waals surface area contributed by atoms with Crippen LogP contribution in [-0.2, 0) is 6.54 Å². The number of hydrogen-bond donors (Lipinski definition) is 2. The van der Waals surface area contributed by atoms with Crippen molar-refractivity contribution in [1.29, 1.82) is 0 Å². The highest BCUT2D eigenvalue weighted by atomic mass is 35.5. The second-order valence-electron chi connectivity index (χ2n) is 6.34. The van der Waals surface area contributed by atoms with Gasteiger partial charge in [0.2, 0.25) is 5.96 Å². The molecule has 0 aliphatic rings. The van der Waals surface area contributed by atoms with Crippen molar-refractivity contribution in [3.05, 3.63) is 82.9 Å². The lowest BCUT2D eigenvalue weighted by Gasteiger charge is -2.13. The first kappa shape index (κ1) is 22.0. The molecule has 0 aliphatic heterocycles. The number of carbonyl (C=O) groups is 1. The van der Waals surface area contributed by atoms with E-state index in [0.717, 1.165) is 5.56 Å². The van der Waals surface area contributed by atoms with Crippen molar-refractivity contribution in [2.45, 2.75) is 6.54 Å². The molecule has 0 fully saturated rings. The molecular weight excluding hydrogens is 423 g/mol. The minimum Gasteiger partial charge on any atom is -0.497 e. The van der Waals surface area contributed by atoms with Gasteiger partial charge in [0, 0.05) is 29.7 Å². The third kappa shape index (κ3) is 6.16. The van der Waals surface area contributed by atoms with E-state index in [1.807, 2.05) is 6.07 Å². The number of hydrogen-bond acceptors (Lipinski definition) is 5. The molecular formula is C22H20ClFN4O3. The van der Waals surface area contributed by atoms with E-state index >= 15 is 0 Å². The van der Waals surface area contributed by atoms with Gasteiger partial charge in [-0.05, 0) is 42.0 Å². The number of nitrogens with one attached hydrogen (secondary N) is 2. The van der Waals surface area contributed by atoms with Gasteiger partial charge < -0.3 is 14.8 Å². The molecule has 0 atom stereocenters. The van der Waals surface area contributed by atoms with E-state index in [1.54, 1.807) is 36.7 Å². The smallest absolute Gasteiger partial charge is 0.258 e. The number of benzene rings is 2. The van der Waals surface area contributed by atoms with E-state index in [-0.39, 0.29) is 17.5 Å². The van der Waals surface area contributed by atoms with Gasteiger partial charge in [-0.15, -0.1) is 0 Å². The lowest BCUT2D eigenvalue weighted by molar-refractivity contribution is 0.0976. The number of rotatable bonds is 6. The second-order valence-corrected chi connectivity index (χ2v) is 6.74. The number of pyridine rings is 1. The van der Waals surface area contributed by atoms with Gasteiger partial charge in [0.05, 0.1) is 25.8 Å². The molecule has 3 aromatic rings. The summed E-state index contributed by atoms with van der Waals surface area (Å²) in [7, 11) is 2.99. The Morgan fingerprint density at radius 1 is 1.13 bits per heavy atom. The standard InChI is InChI=1S/C22H20ClFN4O3/c1-30-17-8-15(9-18(11-17)31-2)21(29)28-22(26-13-14-4-3-7-25-12-14)27-16-5-6-20(24)19(23)10-16/h3-12H,13H2,1-2H3,(H2,26,27,28,29). The molecule has 0 saturated carbocycles. The number of aliphatic imine (C=N–C) groups is 1. The molecule has 0 saturated heterocycles. The highest BCUT2D eigenvalue weighted by Crippen LogP contribution is 2.23. The van der Waals surface area contributed by atoms with Crippen LogP contribution in [0.5, 0.6) is 11.5 Å². The Labute approximate surface area is 183 Å². The summed E-state index contributed by atoms with van der Waals surface area (Å²) in [6, 6.07) is 12.6. The first-order chi connectivity index (χ1) is 15.0. The van der Waals surface area contributed by atoms with Crippen LogP contribution in [0.2, 0.25) is 5.02 Å². The average Bonchev–Trinajstić information content (AvgIpc) is 2.80. The zero-order chi connectivity index (χ0) is 22.2. The summed E-state index contributed by atoms with van der Waals surface area (Å²) >= 11 is 5.86. The fourth-order valence-electron chi connectivity index (χ4n) is 2.60. The van der Waals surface area contributed by atoms with Crippen molar-refractivity contribution < 1.29 is 18.7 Å². The van der Waals surface area contributed by atoms with Gasteiger partial charge in [-0.25, -0.2) is 9.38 Å². The molecule has 2 aromatic carbocycles. The lowest BCUT2D eigenvalue weighted by Crippen LogP contribution is -2.36. The maximum atomic E-state index is 13.5. The number of halogens is 2. The number of methoxy groups -OCH3 is 2. The van der Waals surface area contributed by atoms with E-state index < -0.39 is 11.7 Å². The summed E-state index contributed by atoms with van der Waals surface area (Å²) in [6.45, 7) is 0.257. The summed E-state index contributed by atoms with van der Waals surface area (Å²) in [5, 5.41) is 5.62. The van der Waals surface area contributed by atoms with Crippen LogP contribution in [0.4, 0.5) is 10.1 Å². The molecule has 0 bridgehead atoms. The first-order valence-corrected chi connectivity index (χ1v) is 9.56. The van der Waals surface area contributed by atoms with Crippen LogP contribution in [0, 0.1) is 5.82 Å². The van der Waals surface area contributed by atoms with Crippen molar-refractivity contribution in [1.82, 2.24) is 10.3 Å². The largest absolute Gasteiger partial charge is 0.497 e. The summed E-state index contributed by atoms with van der Waals surface area (Å²) in [5.41, 5.74) is 1.61. The SMILES string of the molecule is COc1cc(OC)cc(C(=O)NC(=NCc2cccnc2)Nc2ccc(F)c(Cl)c2)c1. The first-order valence-electron chi connectivity index (χ1n) is 9.18. The number of amides is 1. The predicted molar refractivity (Wildman–Crippen MR) is 117 cm³/mol. The molecule has 160 valence electrons. The fraction of sp³-hybridized carbons (Fsp3) is 0.136. The van der Waals surface area contributed by atoms with E-state index in [1.165, 1.54) is 32.4 Å². The van der Waals surface area contributed by atoms with Gasteiger partial charge in [0.25, 0.3) is 5.91 Å². The van der Waals surface area contributed by atoms with Crippen molar-refractivity contribution in [3.8, 4) is 11.5 Å². The molecule has 0 aliphatic carbocycles. The molecule has 9 heteroatoms. The average molecular weight is 443 g/mol. The maximum absolute atomic E-state index is 13.5. The summed E-state index contributed by atoms with van der Waals surface area (Å²) in [4.78, 5) is 21.3. The third-order valence-corrected chi connectivity index (χ3v) is 4.46. The quantitative estimate of drug-likeness (QED) is 0.439. The zero-order valence-electron chi connectivity index (χ0n) is 16.9. The van der Waals surface area contributed by atoms with Crippen LogP contribution in [0.25, 0.3) is 0 Å². The minimum atomic E-state index is -0.548. The Balaban J connectivity index is 1.86. The second kappa shape index (κ2) is 10.4. The summed E-state index contributed by atoms with van der Waals surface area (Å²) in [5.74, 6) is 0.1000. The number of aromatic nitrogens is 1. The molecule has 0 radical (unpaired) electrons. The maximum Gasteiger partial charge on any atom is 0.258 e.